The van der Waals surface area contributed by atoms with Crippen molar-refractivity contribution in [3.8, 4) is 0 Å². The van der Waals surface area contributed by atoms with Gasteiger partial charge in [-0.25, -0.2) is 0 Å². The van der Waals surface area contributed by atoms with Gasteiger partial charge in [-0.3, -0.25) is 9.59 Å². The zero-order valence-electron chi connectivity index (χ0n) is 38.2. The Balaban J connectivity index is 4.07. The minimum atomic E-state index is -0.527. The van der Waals surface area contributed by atoms with Crippen LogP contribution in [-0.4, -0.2) is 37.9 Å². The van der Waals surface area contributed by atoms with Crippen molar-refractivity contribution in [1.82, 2.24) is 0 Å². The highest BCUT2D eigenvalue weighted by molar-refractivity contribution is 5.70. The van der Waals surface area contributed by atoms with Gasteiger partial charge in [0, 0.05) is 19.4 Å². The van der Waals surface area contributed by atoms with Gasteiger partial charge in [0.15, 0.2) is 6.10 Å². The molecule has 0 aromatic heterocycles. The topological polar surface area (TPSA) is 61.8 Å². The van der Waals surface area contributed by atoms with Crippen LogP contribution in [-0.2, 0) is 23.8 Å². The summed E-state index contributed by atoms with van der Waals surface area (Å²) >= 11 is 0. The van der Waals surface area contributed by atoms with Crippen LogP contribution in [0, 0.1) is 0 Å². The molecule has 56 heavy (non-hydrogen) atoms. The van der Waals surface area contributed by atoms with E-state index in [1.165, 1.54) is 205 Å². The monoisotopic (exact) mass is 791 g/mol. The van der Waals surface area contributed by atoms with Gasteiger partial charge in [-0.1, -0.05) is 232 Å². The first-order chi connectivity index (χ1) is 27.6. The van der Waals surface area contributed by atoms with Crippen molar-refractivity contribution in [2.24, 2.45) is 0 Å². The largest absolute Gasteiger partial charge is 0.462 e. The molecule has 0 saturated carbocycles. The fourth-order valence-corrected chi connectivity index (χ4v) is 7.51. The van der Waals surface area contributed by atoms with E-state index in [4.69, 9.17) is 14.2 Å². The molecule has 332 valence electrons. The molecule has 1 atom stereocenters. The predicted molar refractivity (Wildman–Crippen MR) is 242 cm³/mol. The van der Waals surface area contributed by atoms with Crippen molar-refractivity contribution in [2.75, 3.05) is 19.8 Å². The molecule has 0 heterocycles. The SMILES string of the molecule is CCCCCCCC/C=C\CCCCCCCC(=O)OCC(COCCCCCCCCCCCCCCCCCCCC)OC(=O)CCCCCCCCC. The molecular weight excluding hydrogens is 693 g/mol. The van der Waals surface area contributed by atoms with Gasteiger partial charge < -0.3 is 14.2 Å². The zero-order valence-corrected chi connectivity index (χ0v) is 38.2. The Hall–Kier alpha value is -1.36. The molecule has 0 aromatic carbocycles. The van der Waals surface area contributed by atoms with E-state index < -0.39 is 6.10 Å². The van der Waals surface area contributed by atoms with Crippen LogP contribution in [0.4, 0.5) is 0 Å². The number of rotatable bonds is 47. The third-order valence-electron chi connectivity index (χ3n) is 11.3. The molecule has 0 aliphatic heterocycles. The maximum atomic E-state index is 12.6. The van der Waals surface area contributed by atoms with Crippen molar-refractivity contribution in [2.45, 2.75) is 284 Å². The van der Waals surface area contributed by atoms with E-state index in [1.807, 2.05) is 0 Å². The molecule has 5 heteroatoms. The molecular formula is C51H98O5. The van der Waals surface area contributed by atoms with Crippen molar-refractivity contribution < 1.29 is 23.8 Å². The molecule has 0 aliphatic carbocycles. The first-order valence-electron chi connectivity index (χ1n) is 25.2. The van der Waals surface area contributed by atoms with E-state index in [1.54, 1.807) is 0 Å². The summed E-state index contributed by atoms with van der Waals surface area (Å²) < 4.78 is 17.3. The lowest BCUT2D eigenvalue weighted by atomic mass is 10.0. The van der Waals surface area contributed by atoms with Gasteiger partial charge in [0.05, 0.1) is 6.61 Å². The maximum Gasteiger partial charge on any atom is 0.306 e. The van der Waals surface area contributed by atoms with E-state index >= 15 is 0 Å². The Bertz CT molecular complexity index is 810. The lowest BCUT2D eigenvalue weighted by Crippen LogP contribution is -2.30. The number of carbonyl (C=O) groups excluding carboxylic acids is 2. The van der Waals surface area contributed by atoms with Crippen LogP contribution in [0.1, 0.15) is 278 Å². The molecule has 0 N–H and O–H groups in total. The highest BCUT2D eigenvalue weighted by Gasteiger charge is 2.17. The van der Waals surface area contributed by atoms with E-state index in [-0.39, 0.29) is 18.5 Å². The smallest absolute Gasteiger partial charge is 0.306 e. The number of esters is 2. The van der Waals surface area contributed by atoms with Crippen molar-refractivity contribution in [3.63, 3.8) is 0 Å². The van der Waals surface area contributed by atoms with Gasteiger partial charge in [0.2, 0.25) is 0 Å². The summed E-state index contributed by atoms with van der Waals surface area (Å²) in [6.07, 6.45) is 53.7. The highest BCUT2D eigenvalue weighted by atomic mass is 16.6. The van der Waals surface area contributed by atoms with E-state index in [2.05, 4.69) is 32.9 Å². The Morgan fingerprint density at radius 2 is 0.696 bits per heavy atom. The number of ether oxygens (including phenoxy) is 3. The second-order valence-electron chi connectivity index (χ2n) is 17.1. The van der Waals surface area contributed by atoms with Crippen LogP contribution < -0.4 is 0 Å². The second-order valence-corrected chi connectivity index (χ2v) is 17.1. The summed E-state index contributed by atoms with van der Waals surface area (Å²) in [6.45, 7) is 7.84. The van der Waals surface area contributed by atoms with Crippen molar-refractivity contribution in [3.05, 3.63) is 12.2 Å². The van der Waals surface area contributed by atoms with Crippen LogP contribution >= 0.6 is 0 Å². The molecule has 0 radical (unpaired) electrons. The molecule has 5 nitrogen and oxygen atoms in total. The van der Waals surface area contributed by atoms with Crippen molar-refractivity contribution in [1.29, 1.82) is 0 Å². The van der Waals surface area contributed by atoms with Crippen LogP contribution in [0.2, 0.25) is 0 Å². The first-order valence-corrected chi connectivity index (χ1v) is 25.2. The average molecular weight is 791 g/mol. The third kappa shape index (κ3) is 45.3. The molecule has 0 fully saturated rings. The lowest BCUT2D eigenvalue weighted by Gasteiger charge is -2.18. The fourth-order valence-electron chi connectivity index (χ4n) is 7.51. The summed E-state index contributed by atoms with van der Waals surface area (Å²) in [5, 5.41) is 0. The first kappa shape index (κ1) is 54.6. The molecule has 0 aromatic rings. The Kier molecular flexibility index (Phi) is 46.8. The molecule has 0 saturated heterocycles. The van der Waals surface area contributed by atoms with Crippen LogP contribution in [0.3, 0.4) is 0 Å². The predicted octanol–water partition coefficient (Wildman–Crippen LogP) is 16.7. The van der Waals surface area contributed by atoms with Gasteiger partial charge in [0.1, 0.15) is 6.61 Å². The van der Waals surface area contributed by atoms with E-state index in [0.717, 1.165) is 38.5 Å². The Morgan fingerprint density at radius 3 is 1.09 bits per heavy atom. The minimum Gasteiger partial charge on any atom is -0.462 e. The van der Waals surface area contributed by atoms with Crippen molar-refractivity contribution >= 4 is 11.9 Å². The number of hydrogen-bond acceptors (Lipinski definition) is 5. The highest BCUT2D eigenvalue weighted by Crippen LogP contribution is 2.16. The Morgan fingerprint density at radius 1 is 0.375 bits per heavy atom. The van der Waals surface area contributed by atoms with Gasteiger partial charge in [-0.2, -0.15) is 0 Å². The van der Waals surface area contributed by atoms with Gasteiger partial charge in [-0.05, 0) is 44.9 Å². The maximum absolute atomic E-state index is 12.6. The summed E-state index contributed by atoms with van der Waals surface area (Å²) in [5.74, 6) is -0.395. The molecule has 0 spiro atoms. The summed E-state index contributed by atoms with van der Waals surface area (Å²) in [6, 6.07) is 0. The second kappa shape index (κ2) is 48.0. The van der Waals surface area contributed by atoms with Gasteiger partial charge in [-0.15, -0.1) is 0 Å². The summed E-state index contributed by atoms with van der Waals surface area (Å²) in [7, 11) is 0. The standard InChI is InChI=1S/C51H98O5/c1-4-7-10-13-16-18-20-22-24-25-26-28-30-32-34-37-40-43-46-54-47-49(56-51(53)45-42-39-35-15-12-9-6-3)48-55-50(52)44-41-38-36-33-31-29-27-23-21-19-17-14-11-8-5-2/h23,27,49H,4-22,24-26,28-48H2,1-3H3/b27-23-. The number of carbonyl (C=O) groups is 2. The third-order valence-corrected chi connectivity index (χ3v) is 11.3. The molecule has 1 unspecified atom stereocenters. The van der Waals surface area contributed by atoms with E-state index in [9.17, 15) is 9.59 Å². The molecule has 0 amide bonds. The molecule has 0 bridgehead atoms. The molecule has 0 aliphatic rings. The normalized spacial score (nSPS) is 12.1. The van der Waals surface area contributed by atoms with E-state index in [0.29, 0.717) is 26.1 Å². The minimum absolute atomic E-state index is 0.0891. The zero-order chi connectivity index (χ0) is 40.7. The molecule has 0 rings (SSSR count). The average Bonchev–Trinajstić information content (AvgIpc) is 3.20. The fraction of sp³-hybridized carbons (Fsp3) is 0.922. The van der Waals surface area contributed by atoms with Gasteiger partial charge in [0.25, 0.3) is 0 Å². The van der Waals surface area contributed by atoms with Gasteiger partial charge >= 0.3 is 11.9 Å². The Labute approximate surface area is 350 Å². The van der Waals surface area contributed by atoms with Crippen LogP contribution in [0.25, 0.3) is 0 Å². The number of hydrogen-bond donors (Lipinski definition) is 0. The van der Waals surface area contributed by atoms with Crippen LogP contribution in [0.15, 0.2) is 12.2 Å². The van der Waals surface area contributed by atoms with Crippen LogP contribution in [0.5, 0.6) is 0 Å². The summed E-state index contributed by atoms with van der Waals surface area (Å²) in [4.78, 5) is 25.2. The lowest BCUT2D eigenvalue weighted by molar-refractivity contribution is -0.163. The number of unbranched alkanes of at least 4 members (excludes halogenated alkanes) is 34. The summed E-state index contributed by atoms with van der Waals surface area (Å²) in [5.41, 5.74) is 0. The quantitative estimate of drug-likeness (QED) is 0.0349. The number of allylic oxidation sites excluding steroid dienone is 2.